The van der Waals surface area contributed by atoms with Crippen LogP contribution in [0.4, 0.5) is 9.18 Å². The quantitative estimate of drug-likeness (QED) is 0.537. The standard InChI is InChI=1S/C23H25FN2O3/c1-3-5-6-16-7-9-17(10-8-16)20(27)15-26-21(28)23(4-2,25-22(26)29)18-11-13-19(24)14-12-18/h7-14H,3-6,15H2,1-2H3,(H,25,29)/t23-/m1/s1. The Balaban J connectivity index is 1.77. The molecule has 1 aliphatic heterocycles. The number of unbranched alkanes of at least 4 members (excludes halogenated alkanes) is 1. The summed E-state index contributed by atoms with van der Waals surface area (Å²) in [5, 5.41) is 2.70. The van der Waals surface area contributed by atoms with Gasteiger partial charge in [-0.25, -0.2) is 9.18 Å². The molecule has 1 aliphatic rings. The number of amides is 3. The average Bonchev–Trinajstić information content (AvgIpc) is 2.98. The number of aryl methyl sites for hydroxylation is 1. The summed E-state index contributed by atoms with van der Waals surface area (Å²) < 4.78 is 13.3. The first-order chi connectivity index (χ1) is 13.9. The lowest BCUT2D eigenvalue weighted by molar-refractivity contribution is -0.131. The topological polar surface area (TPSA) is 66.5 Å². The van der Waals surface area contributed by atoms with Gasteiger partial charge in [0.1, 0.15) is 11.4 Å². The maximum absolute atomic E-state index is 13.3. The summed E-state index contributed by atoms with van der Waals surface area (Å²) in [6.45, 7) is 3.56. The first kappa shape index (κ1) is 20.7. The number of hydrogen-bond acceptors (Lipinski definition) is 3. The lowest BCUT2D eigenvalue weighted by Crippen LogP contribution is -2.43. The van der Waals surface area contributed by atoms with Gasteiger partial charge in [0, 0.05) is 5.56 Å². The number of Topliss-reactive ketones (excluding diaryl/α,β-unsaturated/α-hetero) is 1. The van der Waals surface area contributed by atoms with Crippen LogP contribution in [0, 0.1) is 5.82 Å². The van der Waals surface area contributed by atoms with E-state index in [-0.39, 0.29) is 12.3 Å². The maximum Gasteiger partial charge on any atom is 0.325 e. The van der Waals surface area contributed by atoms with E-state index in [1.54, 1.807) is 19.1 Å². The summed E-state index contributed by atoms with van der Waals surface area (Å²) in [6.07, 6.45) is 3.42. The highest BCUT2D eigenvalue weighted by atomic mass is 19.1. The van der Waals surface area contributed by atoms with E-state index in [0.29, 0.717) is 17.5 Å². The Morgan fingerprint density at radius 3 is 2.28 bits per heavy atom. The molecule has 152 valence electrons. The lowest BCUT2D eigenvalue weighted by Gasteiger charge is -2.25. The second-order valence-electron chi connectivity index (χ2n) is 7.31. The van der Waals surface area contributed by atoms with E-state index in [2.05, 4.69) is 12.2 Å². The third-order valence-corrected chi connectivity index (χ3v) is 5.44. The number of nitrogens with zero attached hydrogens (tertiary/aromatic N) is 1. The zero-order valence-corrected chi connectivity index (χ0v) is 16.7. The molecule has 2 aromatic rings. The fourth-order valence-corrected chi connectivity index (χ4v) is 3.62. The number of hydrogen-bond donors (Lipinski definition) is 1. The van der Waals surface area contributed by atoms with Gasteiger partial charge in [-0.05, 0) is 42.5 Å². The van der Waals surface area contributed by atoms with Gasteiger partial charge in [0.05, 0.1) is 6.54 Å². The first-order valence-electron chi connectivity index (χ1n) is 9.93. The van der Waals surface area contributed by atoms with Gasteiger partial charge in [-0.3, -0.25) is 14.5 Å². The van der Waals surface area contributed by atoms with Gasteiger partial charge < -0.3 is 5.32 Å². The molecule has 6 heteroatoms. The van der Waals surface area contributed by atoms with Crippen LogP contribution in [0.15, 0.2) is 48.5 Å². The molecule has 1 atom stereocenters. The molecule has 0 spiro atoms. The smallest absolute Gasteiger partial charge is 0.319 e. The second kappa shape index (κ2) is 8.55. The van der Waals surface area contributed by atoms with Gasteiger partial charge in [-0.1, -0.05) is 56.7 Å². The van der Waals surface area contributed by atoms with Crippen molar-refractivity contribution in [2.24, 2.45) is 0 Å². The van der Waals surface area contributed by atoms with Crippen LogP contribution >= 0.6 is 0 Å². The highest BCUT2D eigenvalue weighted by molar-refractivity contribution is 6.11. The molecule has 3 rings (SSSR count). The van der Waals surface area contributed by atoms with Crippen LogP contribution in [0.5, 0.6) is 0 Å². The molecular weight excluding hydrogens is 371 g/mol. The number of halogens is 1. The van der Waals surface area contributed by atoms with Crippen molar-refractivity contribution in [2.75, 3.05) is 6.54 Å². The number of urea groups is 1. The Kier molecular flexibility index (Phi) is 6.11. The van der Waals surface area contributed by atoms with Gasteiger partial charge in [-0.2, -0.15) is 0 Å². The average molecular weight is 396 g/mol. The molecule has 1 fully saturated rings. The summed E-state index contributed by atoms with van der Waals surface area (Å²) >= 11 is 0. The normalized spacial score (nSPS) is 18.8. The third kappa shape index (κ3) is 4.06. The fraction of sp³-hybridized carbons (Fsp3) is 0.348. The van der Waals surface area contributed by atoms with Gasteiger partial charge in [0.15, 0.2) is 5.78 Å². The number of benzene rings is 2. The summed E-state index contributed by atoms with van der Waals surface area (Å²) in [5.41, 5.74) is 0.825. The van der Waals surface area contributed by atoms with Crippen LogP contribution in [-0.2, 0) is 16.8 Å². The zero-order chi connectivity index (χ0) is 21.0. The second-order valence-corrected chi connectivity index (χ2v) is 7.31. The lowest BCUT2D eigenvalue weighted by atomic mass is 9.87. The summed E-state index contributed by atoms with van der Waals surface area (Å²) in [7, 11) is 0. The molecule has 0 radical (unpaired) electrons. The van der Waals surface area contributed by atoms with Gasteiger partial charge >= 0.3 is 6.03 Å². The molecule has 29 heavy (non-hydrogen) atoms. The molecule has 0 bridgehead atoms. The molecule has 1 saturated heterocycles. The van der Waals surface area contributed by atoms with Crippen LogP contribution in [-0.4, -0.2) is 29.2 Å². The van der Waals surface area contributed by atoms with Gasteiger partial charge in [0.2, 0.25) is 0 Å². The molecule has 5 nitrogen and oxygen atoms in total. The zero-order valence-electron chi connectivity index (χ0n) is 16.7. The molecule has 0 aromatic heterocycles. The van der Waals surface area contributed by atoms with Crippen LogP contribution in [0.3, 0.4) is 0 Å². The number of ketones is 1. The molecule has 2 aromatic carbocycles. The first-order valence-corrected chi connectivity index (χ1v) is 9.93. The molecule has 1 N–H and O–H groups in total. The molecule has 0 aliphatic carbocycles. The monoisotopic (exact) mass is 396 g/mol. The highest BCUT2D eigenvalue weighted by Gasteiger charge is 2.51. The van der Waals surface area contributed by atoms with Crippen LogP contribution in [0.1, 0.15) is 54.6 Å². The van der Waals surface area contributed by atoms with Gasteiger partial charge in [-0.15, -0.1) is 0 Å². The van der Waals surface area contributed by atoms with Crippen LogP contribution in [0.25, 0.3) is 0 Å². The number of imide groups is 1. The van der Waals surface area contributed by atoms with Crippen molar-refractivity contribution in [3.8, 4) is 0 Å². The van der Waals surface area contributed by atoms with Crippen molar-refractivity contribution in [1.82, 2.24) is 10.2 Å². The summed E-state index contributed by atoms with van der Waals surface area (Å²) in [5.74, 6) is -1.22. The summed E-state index contributed by atoms with van der Waals surface area (Å²) in [4.78, 5) is 39.2. The Morgan fingerprint density at radius 2 is 1.69 bits per heavy atom. The van der Waals surface area contributed by atoms with Crippen molar-refractivity contribution in [1.29, 1.82) is 0 Å². The van der Waals surface area contributed by atoms with Crippen LogP contribution in [0.2, 0.25) is 0 Å². The van der Waals surface area contributed by atoms with E-state index in [9.17, 15) is 18.8 Å². The molecule has 3 amide bonds. The molecule has 1 heterocycles. The SMILES string of the molecule is CCCCc1ccc(C(=O)CN2C(=O)N[C@](CC)(c3ccc(F)cc3)C2=O)cc1. The van der Waals surface area contributed by atoms with E-state index in [1.807, 2.05) is 12.1 Å². The van der Waals surface area contributed by atoms with Crippen molar-refractivity contribution in [3.05, 3.63) is 71.0 Å². The maximum atomic E-state index is 13.3. The van der Waals surface area contributed by atoms with E-state index >= 15 is 0 Å². The van der Waals surface area contributed by atoms with E-state index < -0.39 is 23.3 Å². The van der Waals surface area contributed by atoms with E-state index in [1.165, 1.54) is 24.3 Å². The third-order valence-electron chi connectivity index (χ3n) is 5.44. The van der Waals surface area contributed by atoms with E-state index in [4.69, 9.17) is 0 Å². The predicted molar refractivity (Wildman–Crippen MR) is 108 cm³/mol. The predicted octanol–water partition coefficient (Wildman–Crippen LogP) is 4.21. The summed E-state index contributed by atoms with van der Waals surface area (Å²) in [6, 6.07) is 12.1. The Bertz CT molecular complexity index is 909. The van der Waals surface area contributed by atoms with Crippen molar-refractivity contribution < 1.29 is 18.8 Å². The minimum atomic E-state index is -1.28. The van der Waals surface area contributed by atoms with Crippen LogP contribution < -0.4 is 5.32 Å². The molecule has 0 saturated carbocycles. The minimum absolute atomic E-state index is 0.292. The molecular formula is C23H25FN2O3. The van der Waals surface area contributed by atoms with Crippen molar-refractivity contribution in [3.63, 3.8) is 0 Å². The fourth-order valence-electron chi connectivity index (χ4n) is 3.62. The number of rotatable bonds is 8. The number of nitrogens with one attached hydrogen (secondary N) is 1. The largest absolute Gasteiger partial charge is 0.325 e. The Labute approximate surface area is 169 Å². The highest BCUT2D eigenvalue weighted by Crippen LogP contribution is 2.32. The Hall–Kier alpha value is -3.02. The van der Waals surface area contributed by atoms with E-state index in [0.717, 1.165) is 29.7 Å². The van der Waals surface area contributed by atoms with Crippen molar-refractivity contribution >= 4 is 17.7 Å². The number of carbonyl (C=O) groups is 3. The Morgan fingerprint density at radius 1 is 1.03 bits per heavy atom. The minimum Gasteiger partial charge on any atom is -0.319 e. The van der Waals surface area contributed by atoms with Gasteiger partial charge in [0.25, 0.3) is 5.91 Å². The molecule has 0 unspecified atom stereocenters. The van der Waals surface area contributed by atoms with Crippen molar-refractivity contribution in [2.45, 2.75) is 45.1 Å². The number of carbonyl (C=O) groups excluding carboxylic acids is 3.